The highest BCUT2D eigenvalue weighted by Gasteiger charge is 2.22. The van der Waals surface area contributed by atoms with E-state index in [1.165, 1.54) is 17.8 Å². The lowest BCUT2D eigenvalue weighted by Gasteiger charge is -2.34. The summed E-state index contributed by atoms with van der Waals surface area (Å²) in [4.78, 5) is 14.0. The van der Waals surface area contributed by atoms with Gasteiger partial charge in [0.05, 0.1) is 5.75 Å². The lowest BCUT2D eigenvalue weighted by Crippen LogP contribution is -2.52. The lowest BCUT2D eigenvalue weighted by atomic mass is 10.2. The van der Waals surface area contributed by atoms with Crippen molar-refractivity contribution >= 4 is 46.0 Å². The first-order chi connectivity index (χ1) is 9.58. The number of carbonyl (C=O) groups excluding carboxylic acids is 1. The summed E-state index contributed by atoms with van der Waals surface area (Å²) in [6.07, 6.45) is 0. The van der Waals surface area contributed by atoms with Gasteiger partial charge in [-0.2, -0.15) is 0 Å². The summed E-state index contributed by atoms with van der Waals surface area (Å²) in [6.45, 7) is 4.50. The molecule has 1 fully saturated rings. The number of carbonyl (C=O) groups is 1. The van der Waals surface area contributed by atoms with Crippen LogP contribution in [0.15, 0.2) is 22.7 Å². The van der Waals surface area contributed by atoms with Crippen LogP contribution >= 0.6 is 40.1 Å². The number of rotatable bonds is 4. The van der Waals surface area contributed by atoms with Gasteiger partial charge in [0, 0.05) is 35.9 Å². The minimum absolute atomic E-state index is 0. The minimum Gasteiger partial charge on any atom is -0.337 e. The molecule has 7 heteroatoms. The molecule has 2 rings (SSSR count). The molecule has 0 spiro atoms. The Kier molecular flexibility index (Phi) is 8.02. The van der Waals surface area contributed by atoms with Gasteiger partial charge in [0.25, 0.3) is 0 Å². The lowest BCUT2D eigenvalue weighted by molar-refractivity contribution is -0.131. The summed E-state index contributed by atoms with van der Waals surface area (Å²) in [7, 11) is 0. The molecule has 3 nitrogen and oxygen atoms in total. The third kappa shape index (κ3) is 5.43. The molecular weight excluding hydrogens is 379 g/mol. The smallest absolute Gasteiger partial charge is 0.232 e. The van der Waals surface area contributed by atoms with E-state index in [-0.39, 0.29) is 30.2 Å². The zero-order valence-electron chi connectivity index (χ0n) is 11.8. The average Bonchev–Trinajstić information content (AvgIpc) is 2.41. The monoisotopic (exact) mass is 396 g/mol. The van der Waals surface area contributed by atoms with Gasteiger partial charge in [-0.05, 0) is 24.6 Å². The fraction of sp³-hybridized carbons (Fsp3) is 0.500. The van der Waals surface area contributed by atoms with Crippen LogP contribution in [0.3, 0.4) is 0 Å². The molecule has 1 amide bonds. The summed E-state index contributed by atoms with van der Waals surface area (Å²) in [5.74, 6) is 0.835. The predicted molar refractivity (Wildman–Crippen MR) is 91.6 cm³/mol. The Hall–Kier alpha value is -0.300. The number of nitrogens with zero attached hydrogens (tertiary/aromatic N) is 1. The van der Waals surface area contributed by atoms with E-state index < -0.39 is 0 Å². The van der Waals surface area contributed by atoms with E-state index in [0.29, 0.717) is 17.1 Å². The molecule has 0 saturated carbocycles. The normalized spacial score (nSPS) is 18.2. The number of hydrogen-bond acceptors (Lipinski definition) is 3. The first-order valence-corrected chi connectivity index (χ1v) is 8.54. The van der Waals surface area contributed by atoms with Crippen molar-refractivity contribution in [1.82, 2.24) is 10.2 Å². The van der Waals surface area contributed by atoms with Crippen LogP contribution in [0.5, 0.6) is 0 Å². The number of piperazine rings is 1. The predicted octanol–water partition coefficient (Wildman–Crippen LogP) is 3.06. The number of hydrogen-bond donors (Lipinski definition) is 1. The Morgan fingerprint density at radius 2 is 2.33 bits per heavy atom. The maximum atomic E-state index is 13.6. The van der Waals surface area contributed by atoms with Crippen molar-refractivity contribution in [1.29, 1.82) is 0 Å². The molecule has 0 bridgehead atoms. The second-order valence-electron chi connectivity index (χ2n) is 4.87. The molecule has 0 aromatic heterocycles. The average molecular weight is 398 g/mol. The molecule has 1 aromatic carbocycles. The molecule has 1 N–H and O–H groups in total. The Morgan fingerprint density at radius 1 is 1.57 bits per heavy atom. The summed E-state index contributed by atoms with van der Waals surface area (Å²) in [5.41, 5.74) is 0.638. The van der Waals surface area contributed by atoms with E-state index in [4.69, 9.17) is 0 Å². The van der Waals surface area contributed by atoms with E-state index in [1.807, 2.05) is 17.9 Å². The maximum absolute atomic E-state index is 13.6. The Morgan fingerprint density at radius 3 is 3.00 bits per heavy atom. The Labute approximate surface area is 143 Å². The van der Waals surface area contributed by atoms with Crippen molar-refractivity contribution in [2.75, 3.05) is 25.4 Å². The van der Waals surface area contributed by atoms with Crippen LogP contribution < -0.4 is 5.32 Å². The Bertz CT molecular complexity index is 492. The van der Waals surface area contributed by atoms with E-state index in [2.05, 4.69) is 21.2 Å². The SMILES string of the molecule is C[C@H]1CNCCN1C(=O)CSCc1ccc(Br)cc1F.Cl. The standard InChI is InChI=1S/C14H18BrFN2OS.ClH/c1-10-7-17-4-5-18(10)14(19)9-20-8-11-2-3-12(15)6-13(11)16;/h2-3,6,10,17H,4-5,7-9H2,1H3;1H/t10-;/m0./s1. The van der Waals surface area contributed by atoms with Crippen molar-refractivity contribution in [3.8, 4) is 0 Å². The molecule has 1 aliphatic heterocycles. The zero-order valence-corrected chi connectivity index (χ0v) is 15.0. The highest BCUT2D eigenvalue weighted by atomic mass is 79.9. The van der Waals surface area contributed by atoms with Crippen molar-refractivity contribution in [2.45, 2.75) is 18.7 Å². The molecule has 1 aromatic rings. The van der Waals surface area contributed by atoms with Crippen molar-refractivity contribution in [3.63, 3.8) is 0 Å². The third-order valence-electron chi connectivity index (χ3n) is 3.32. The molecule has 1 atom stereocenters. The van der Waals surface area contributed by atoms with Crippen LogP contribution in [-0.4, -0.2) is 42.2 Å². The van der Waals surface area contributed by atoms with Gasteiger partial charge >= 0.3 is 0 Å². The van der Waals surface area contributed by atoms with E-state index in [9.17, 15) is 9.18 Å². The molecule has 0 unspecified atom stereocenters. The van der Waals surface area contributed by atoms with Gasteiger partial charge in [-0.25, -0.2) is 4.39 Å². The van der Waals surface area contributed by atoms with E-state index in [0.717, 1.165) is 24.1 Å². The van der Waals surface area contributed by atoms with Crippen LogP contribution in [0.1, 0.15) is 12.5 Å². The van der Waals surface area contributed by atoms with Crippen molar-refractivity contribution < 1.29 is 9.18 Å². The van der Waals surface area contributed by atoms with Crippen LogP contribution in [0.4, 0.5) is 4.39 Å². The highest BCUT2D eigenvalue weighted by Crippen LogP contribution is 2.20. The quantitative estimate of drug-likeness (QED) is 0.847. The number of halogens is 3. The minimum atomic E-state index is -0.227. The van der Waals surface area contributed by atoms with Gasteiger partial charge in [-0.1, -0.05) is 22.0 Å². The van der Waals surface area contributed by atoms with E-state index in [1.54, 1.807) is 6.07 Å². The number of nitrogens with one attached hydrogen (secondary N) is 1. The second-order valence-corrected chi connectivity index (χ2v) is 6.77. The summed E-state index contributed by atoms with van der Waals surface area (Å²) in [5, 5.41) is 3.26. The summed E-state index contributed by atoms with van der Waals surface area (Å²) >= 11 is 4.70. The molecule has 21 heavy (non-hydrogen) atoms. The van der Waals surface area contributed by atoms with Gasteiger partial charge in [0.2, 0.25) is 5.91 Å². The zero-order chi connectivity index (χ0) is 14.5. The fourth-order valence-electron chi connectivity index (χ4n) is 2.18. The molecule has 1 aliphatic rings. The van der Waals surface area contributed by atoms with Gasteiger partial charge in [-0.15, -0.1) is 24.2 Å². The fourth-order valence-corrected chi connectivity index (χ4v) is 3.41. The largest absolute Gasteiger partial charge is 0.337 e. The molecule has 0 radical (unpaired) electrons. The number of benzene rings is 1. The molecule has 118 valence electrons. The maximum Gasteiger partial charge on any atom is 0.232 e. The van der Waals surface area contributed by atoms with Gasteiger partial charge in [0.1, 0.15) is 5.82 Å². The van der Waals surface area contributed by atoms with E-state index >= 15 is 0 Å². The van der Waals surface area contributed by atoms with Crippen molar-refractivity contribution in [2.24, 2.45) is 0 Å². The van der Waals surface area contributed by atoms with Gasteiger partial charge in [-0.3, -0.25) is 4.79 Å². The first kappa shape index (κ1) is 18.7. The number of amides is 1. The molecule has 1 heterocycles. The van der Waals surface area contributed by atoms with Crippen LogP contribution in [-0.2, 0) is 10.5 Å². The highest BCUT2D eigenvalue weighted by molar-refractivity contribution is 9.10. The van der Waals surface area contributed by atoms with Gasteiger partial charge < -0.3 is 10.2 Å². The summed E-state index contributed by atoms with van der Waals surface area (Å²) < 4.78 is 14.4. The third-order valence-corrected chi connectivity index (χ3v) is 4.78. The van der Waals surface area contributed by atoms with Crippen LogP contribution in [0.25, 0.3) is 0 Å². The van der Waals surface area contributed by atoms with Crippen LogP contribution in [0, 0.1) is 5.82 Å². The topological polar surface area (TPSA) is 32.3 Å². The summed E-state index contributed by atoms with van der Waals surface area (Å²) in [6, 6.07) is 5.26. The van der Waals surface area contributed by atoms with Crippen LogP contribution in [0.2, 0.25) is 0 Å². The molecular formula is C14H19BrClFN2OS. The van der Waals surface area contributed by atoms with Gasteiger partial charge in [0.15, 0.2) is 0 Å². The Balaban J connectivity index is 0.00000220. The first-order valence-electron chi connectivity index (χ1n) is 6.60. The van der Waals surface area contributed by atoms with Crippen molar-refractivity contribution in [3.05, 3.63) is 34.1 Å². The number of thioether (sulfide) groups is 1. The second kappa shape index (κ2) is 8.98. The molecule has 0 aliphatic carbocycles. The molecule has 1 saturated heterocycles.